The van der Waals surface area contributed by atoms with Crippen LogP contribution in [0.4, 0.5) is 18.9 Å². The lowest BCUT2D eigenvalue weighted by molar-refractivity contribution is -0.140. The number of nitrogens with one attached hydrogen (secondary N) is 1. The third-order valence-electron chi connectivity index (χ3n) is 5.56. The van der Waals surface area contributed by atoms with Gasteiger partial charge in [-0.15, -0.1) is 0 Å². The lowest BCUT2D eigenvalue weighted by atomic mass is 10.1. The molecule has 0 spiro atoms. The molecule has 0 heterocycles. The Balaban J connectivity index is 2.52. The molecule has 0 fully saturated rings. The fourth-order valence-electron chi connectivity index (χ4n) is 3.60. The molecule has 1 atom stereocenters. The predicted molar refractivity (Wildman–Crippen MR) is 143 cm³/mol. The fourth-order valence-corrected chi connectivity index (χ4v) is 4.85. The van der Waals surface area contributed by atoms with Crippen LogP contribution in [0, 0.1) is 5.92 Å². The van der Waals surface area contributed by atoms with E-state index in [0.717, 1.165) is 12.3 Å². The van der Waals surface area contributed by atoms with E-state index in [2.05, 4.69) is 5.32 Å². The first-order valence-electron chi connectivity index (χ1n) is 11.7. The van der Waals surface area contributed by atoms with Crippen LogP contribution in [0.25, 0.3) is 0 Å². The van der Waals surface area contributed by atoms with Crippen LogP contribution in [-0.4, -0.2) is 50.5 Å². The largest absolute Gasteiger partial charge is 0.416 e. The molecule has 2 amide bonds. The minimum atomic E-state index is -4.77. The lowest BCUT2D eigenvalue weighted by Crippen LogP contribution is -2.52. The van der Waals surface area contributed by atoms with Gasteiger partial charge in [0.1, 0.15) is 12.6 Å². The Hall–Kier alpha value is -2.50. The second-order valence-corrected chi connectivity index (χ2v) is 11.9. The summed E-state index contributed by atoms with van der Waals surface area (Å²) in [7, 11) is -4.27. The number of halogens is 5. The van der Waals surface area contributed by atoms with Crippen LogP contribution in [-0.2, 0) is 32.3 Å². The van der Waals surface area contributed by atoms with E-state index in [1.54, 1.807) is 31.2 Å². The highest BCUT2D eigenvalue weighted by atomic mass is 35.5. The van der Waals surface area contributed by atoms with Gasteiger partial charge in [0.05, 0.1) is 22.5 Å². The first kappa shape index (κ1) is 31.7. The average molecular weight is 596 g/mol. The predicted octanol–water partition coefficient (Wildman–Crippen LogP) is 5.36. The van der Waals surface area contributed by atoms with Gasteiger partial charge < -0.3 is 10.2 Å². The van der Waals surface area contributed by atoms with Crippen molar-refractivity contribution < 1.29 is 31.2 Å². The summed E-state index contributed by atoms with van der Waals surface area (Å²) in [4.78, 5) is 27.9. The zero-order valence-corrected chi connectivity index (χ0v) is 23.7. The first-order chi connectivity index (χ1) is 17.5. The first-order valence-corrected chi connectivity index (χ1v) is 14.3. The van der Waals surface area contributed by atoms with Crippen molar-refractivity contribution in [1.82, 2.24) is 10.2 Å². The standard InChI is InChI=1S/C25H30Cl2F3N3O4S/c1-5-21(24(35)31-13-16(2)3)32(14-17-6-9-19(26)10-7-17)23(34)15-33(38(4,36)37)22-12-18(25(28,29)30)8-11-20(22)27/h6-12,16,21H,5,13-15H2,1-4H3,(H,31,35). The zero-order valence-electron chi connectivity index (χ0n) is 21.4. The fraction of sp³-hybridized carbons (Fsp3) is 0.440. The van der Waals surface area contributed by atoms with Crippen LogP contribution in [0.1, 0.15) is 38.3 Å². The minimum Gasteiger partial charge on any atom is -0.354 e. The molecule has 0 radical (unpaired) electrons. The third-order valence-corrected chi connectivity index (χ3v) is 7.26. The van der Waals surface area contributed by atoms with Gasteiger partial charge in [-0.1, -0.05) is 56.1 Å². The van der Waals surface area contributed by atoms with E-state index in [0.29, 0.717) is 33.6 Å². The normalized spacial score (nSPS) is 12.8. The van der Waals surface area contributed by atoms with E-state index in [1.165, 1.54) is 4.90 Å². The number of benzene rings is 2. The molecule has 38 heavy (non-hydrogen) atoms. The van der Waals surface area contributed by atoms with E-state index >= 15 is 0 Å². The SMILES string of the molecule is CCC(C(=O)NCC(C)C)N(Cc1ccc(Cl)cc1)C(=O)CN(c1cc(C(F)(F)F)ccc1Cl)S(C)(=O)=O. The number of amides is 2. The van der Waals surface area contributed by atoms with Gasteiger partial charge in [-0.3, -0.25) is 13.9 Å². The number of nitrogens with zero attached hydrogens (tertiary/aromatic N) is 2. The summed E-state index contributed by atoms with van der Waals surface area (Å²) in [6.07, 6.45) is -3.81. The molecule has 7 nitrogen and oxygen atoms in total. The maximum Gasteiger partial charge on any atom is 0.416 e. The number of hydrogen-bond donors (Lipinski definition) is 1. The highest BCUT2D eigenvalue weighted by Crippen LogP contribution is 2.36. The van der Waals surface area contributed by atoms with Gasteiger partial charge in [0.2, 0.25) is 21.8 Å². The van der Waals surface area contributed by atoms with Crippen LogP contribution in [0.15, 0.2) is 42.5 Å². The van der Waals surface area contributed by atoms with Crippen molar-refractivity contribution >= 4 is 50.7 Å². The Bertz CT molecular complexity index is 1240. The van der Waals surface area contributed by atoms with E-state index in [-0.39, 0.29) is 23.9 Å². The molecule has 0 bridgehead atoms. The topological polar surface area (TPSA) is 86.8 Å². The zero-order chi connectivity index (χ0) is 28.8. The Morgan fingerprint density at radius 1 is 1.05 bits per heavy atom. The monoisotopic (exact) mass is 595 g/mol. The van der Waals surface area contributed by atoms with E-state index in [9.17, 15) is 31.2 Å². The van der Waals surface area contributed by atoms with Crippen molar-refractivity contribution in [1.29, 1.82) is 0 Å². The second-order valence-electron chi connectivity index (χ2n) is 9.14. The summed E-state index contributed by atoms with van der Waals surface area (Å²) in [5, 5.41) is 2.94. The van der Waals surface area contributed by atoms with Crippen LogP contribution >= 0.6 is 23.2 Å². The molecule has 2 aromatic carbocycles. The Morgan fingerprint density at radius 3 is 2.16 bits per heavy atom. The average Bonchev–Trinajstić information content (AvgIpc) is 2.81. The van der Waals surface area contributed by atoms with Gasteiger partial charge in [-0.25, -0.2) is 8.42 Å². The van der Waals surface area contributed by atoms with Crippen molar-refractivity contribution in [2.75, 3.05) is 23.7 Å². The van der Waals surface area contributed by atoms with E-state index in [1.807, 2.05) is 13.8 Å². The lowest BCUT2D eigenvalue weighted by Gasteiger charge is -2.33. The minimum absolute atomic E-state index is 0.0719. The van der Waals surface area contributed by atoms with Gasteiger partial charge in [-0.2, -0.15) is 13.2 Å². The number of rotatable bonds is 11. The molecule has 2 rings (SSSR count). The molecule has 0 aliphatic rings. The molecule has 0 aromatic heterocycles. The number of carbonyl (C=O) groups excluding carboxylic acids is 2. The number of hydrogen-bond acceptors (Lipinski definition) is 4. The smallest absolute Gasteiger partial charge is 0.354 e. The summed E-state index contributed by atoms with van der Waals surface area (Å²) in [5.74, 6) is -1.10. The Labute approximate surface area is 230 Å². The number of anilines is 1. The van der Waals surface area contributed by atoms with Crippen LogP contribution in [0.5, 0.6) is 0 Å². The quantitative estimate of drug-likeness (QED) is 0.379. The molecular formula is C25H30Cl2F3N3O4S. The molecule has 0 saturated heterocycles. The molecule has 210 valence electrons. The van der Waals surface area contributed by atoms with Crippen molar-refractivity contribution in [2.45, 2.75) is 46.0 Å². The molecule has 1 N–H and O–H groups in total. The highest BCUT2D eigenvalue weighted by Gasteiger charge is 2.35. The maximum absolute atomic E-state index is 13.6. The number of sulfonamides is 1. The van der Waals surface area contributed by atoms with E-state index < -0.39 is 51.9 Å². The molecule has 0 aliphatic heterocycles. The number of carbonyl (C=O) groups is 2. The summed E-state index contributed by atoms with van der Waals surface area (Å²) in [6, 6.07) is 7.74. The van der Waals surface area contributed by atoms with Crippen LogP contribution in [0.2, 0.25) is 10.0 Å². The summed E-state index contributed by atoms with van der Waals surface area (Å²) in [6.45, 7) is 4.91. The van der Waals surface area contributed by atoms with Gasteiger partial charge in [0.15, 0.2) is 0 Å². The second kappa shape index (κ2) is 13.0. The molecule has 0 saturated carbocycles. The van der Waals surface area contributed by atoms with Crippen molar-refractivity contribution in [3.63, 3.8) is 0 Å². The summed E-state index contributed by atoms with van der Waals surface area (Å²) < 4.78 is 65.9. The Kier molecular flexibility index (Phi) is 10.9. The van der Waals surface area contributed by atoms with Gasteiger partial charge >= 0.3 is 6.18 Å². The van der Waals surface area contributed by atoms with Crippen LogP contribution < -0.4 is 9.62 Å². The molecule has 2 aromatic rings. The molecule has 1 unspecified atom stereocenters. The van der Waals surface area contributed by atoms with Crippen molar-refractivity contribution in [2.24, 2.45) is 5.92 Å². The third kappa shape index (κ3) is 8.78. The van der Waals surface area contributed by atoms with Crippen molar-refractivity contribution in [3.8, 4) is 0 Å². The number of alkyl halides is 3. The van der Waals surface area contributed by atoms with Gasteiger partial charge in [-0.05, 0) is 48.2 Å². The Morgan fingerprint density at radius 2 is 1.66 bits per heavy atom. The van der Waals surface area contributed by atoms with Gasteiger partial charge in [0.25, 0.3) is 0 Å². The molecule has 0 aliphatic carbocycles. The summed E-state index contributed by atoms with van der Waals surface area (Å²) in [5.41, 5.74) is -1.02. The van der Waals surface area contributed by atoms with Crippen LogP contribution in [0.3, 0.4) is 0 Å². The molecular weight excluding hydrogens is 566 g/mol. The molecule has 13 heteroatoms. The highest BCUT2D eigenvalue weighted by molar-refractivity contribution is 7.92. The summed E-state index contributed by atoms with van der Waals surface area (Å²) >= 11 is 12.0. The van der Waals surface area contributed by atoms with Crippen molar-refractivity contribution in [3.05, 3.63) is 63.6 Å². The van der Waals surface area contributed by atoms with E-state index in [4.69, 9.17) is 23.2 Å². The van der Waals surface area contributed by atoms with Gasteiger partial charge in [0, 0.05) is 18.1 Å². The maximum atomic E-state index is 13.6.